The first-order valence-electron chi connectivity index (χ1n) is 5.53. The van der Waals surface area contributed by atoms with Gasteiger partial charge in [-0.25, -0.2) is 4.39 Å². The molecule has 1 N–H and O–H groups in total. The van der Waals surface area contributed by atoms with Gasteiger partial charge < -0.3 is 9.88 Å². The minimum absolute atomic E-state index is 0.288. The van der Waals surface area contributed by atoms with E-state index in [9.17, 15) is 4.39 Å². The van der Waals surface area contributed by atoms with Crippen LogP contribution in [0.5, 0.6) is 0 Å². The minimum Gasteiger partial charge on any atom is -0.377 e. The van der Waals surface area contributed by atoms with Crippen molar-refractivity contribution in [2.45, 2.75) is 20.0 Å². The van der Waals surface area contributed by atoms with Crippen molar-refractivity contribution in [3.8, 4) is 0 Å². The van der Waals surface area contributed by atoms with Crippen molar-refractivity contribution in [3.05, 3.63) is 53.1 Å². The molecular weight excluding hydrogens is 239 g/mol. The third kappa shape index (κ3) is 2.80. The number of aromatic nitrogens is 1. The molecule has 0 saturated heterocycles. The summed E-state index contributed by atoms with van der Waals surface area (Å²) in [6.45, 7) is 3.56. The quantitative estimate of drug-likeness (QED) is 0.873. The molecule has 0 amide bonds. The van der Waals surface area contributed by atoms with E-state index < -0.39 is 0 Å². The standard InChI is InChI=1S/C13H14ClFN2/c1-2-17-7-3-4-11(17)9-16-13-8-10(14)5-6-12(13)15/h3-8,16H,2,9H2,1H3. The molecule has 0 atom stereocenters. The van der Waals surface area contributed by atoms with Crippen molar-refractivity contribution in [1.82, 2.24) is 4.57 Å². The number of nitrogens with one attached hydrogen (secondary N) is 1. The van der Waals surface area contributed by atoms with Crippen LogP contribution in [0.2, 0.25) is 5.02 Å². The lowest BCUT2D eigenvalue weighted by molar-refractivity contribution is 0.629. The maximum Gasteiger partial charge on any atom is 0.146 e. The molecule has 2 rings (SSSR count). The molecule has 90 valence electrons. The van der Waals surface area contributed by atoms with Gasteiger partial charge in [0.15, 0.2) is 0 Å². The van der Waals surface area contributed by atoms with Crippen molar-refractivity contribution in [3.63, 3.8) is 0 Å². The number of hydrogen-bond acceptors (Lipinski definition) is 1. The largest absolute Gasteiger partial charge is 0.377 e. The zero-order valence-electron chi connectivity index (χ0n) is 9.58. The summed E-state index contributed by atoms with van der Waals surface area (Å²) in [7, 11) is 0. The lowest BCUT2D eigenvalue weighted by Crippen LogP contribution is -2.06. The Bertz CT molecular complexity index is 508. The average molecular weight is 253 g/mol. The minimum atomic E-state index is -0.288. The maximum absolute atomic E-state index is 13.5. The number of hydrogen-bond donors (Lipinski definition) is 1. The monoisotopic (exact) mass is 252 g/mol. The normalized spacial score (nSPS) is 10.5. The van der Waals surface area contributed by atoms with Crippen LogP contribution < -0.4 is 5.32 Å². The molecule has 0 aliphatic carbocycles. The molecule has 0 radical (unpaired) electrons. The van der Waals surface area contributed by atoms with Crippen LogP contribution in [0.1, 0.15) is 12.6 Å². The SMILES string of the molecule is CCn1cccc1CNc1cc(Cl)ccc1F. The van der Waals surface area contributed by atoms with E-state index in [1.165, 1.54) is 12.1 Å². The predicted octanol–water partition coefficient (Wildman–Crippen LogP) is 3.91. The van der Waals surface area contributed by atoms with Crippen LogP contribution in [0.15, 0.2) is 36.5 Å². The molecule has 2 aromatic rings. The first-order chi connectivity index (χ1) is 8.20. The summed E-state index contributed by atoms with van der Waals surface area (Å²) in [5, 5.41) is 3.58. The highest BCUT2D eigenvalue weighted by molar-refractivity contribution is 6.30. The zero-order chi connectivity index (χ0) is 12.3. The fraction of sp³-hybridized carbons (Fsp3) is 0.231. The summed E-state index contributed by atoms with van der Waals surface area (Å²) in [6.07, 6.45) is 2.01. The molecule has 0 fully saturated rings. The van der Waals surface area contributed by atoms with Crippen LogP contribution in [0.3, 0.4) is 0 Å². The maximum atomic E-state index is 13.5. The molecular formula is C13H14ClFN2. The summed E-state index contributed by atoms with van der Waals surface area (Å²) >= 11 is 5.82. The predicted molar refractivity (Wildman–Crippen MR) is 68.8 cm³/mol. The van der Waals surface area contributed by atoms with E-state index in [-0.39, 0.29) is 5.82 Å². The van der Waals surface area contributed by atoms with Crippen LogP contribution in [0.4, 0.5) is 10.1 Å². The molecule has 17 heavy (non-hydrogen) atoms. The summed E-state index contributed by atoms with van der Waals surface area (Å²) in [5.41, 5.74) is 1.55. The second-order valence-electron chi connectivity index (χ2n) is 3.76. The number of aryl methyl sites for hydroxylation is 1. The molecule has 0 spiro atoms. The fourth-order valence-corrected chi connectivity index (χ4v) is 1.91. The van der Waals surface area contributed by atoms with Gasteiger partial charge in [-0.05, 0) is 37.3 Å². The van der Waals surface area contributed by atoms with E-state index in [2.05, 4.69) is 16.8 Å². The molecule has 1 aromatic heterocycles. The van der Waals surface area contributed by atoms with Crippen LogP contribution in [0, 0.1) is 5.82 Å². The zero-order valence-corrected chi connectivity index (χ0v) is 10.3. The Morgan fingerprint density at radius 3 is 2.94 bits per heavy atom. The summed E-state index contributed by atoms with van der Waals surface area (Å²) in [5.74, 6) is -0.288. The van der Waals surface area contributed by atoms with Gasteiger partial charge in [0.25, 0.3) is 0 Å². The van der Waals surface area contributed by atoms with Crippen LogP contribution >= 0.6 is 11.6 Å². The van der Waals surface area contributed by atoms with Gasteiger partial charge in [0.05, 0.1) is 12.2 Å². The molecule has 0 unspecified atom stereocenters. The molecule has 2 nitrogen and oxygen atoms in total. The second kappa shape index (κ2) is 5.23. The Labute approximate surface area is 105 Å². The first-order valence-corrected chi connectivity index (χ1v) is 5.91. The van der Waals surface area contributed by atoms with E-state index >= 15 is 0 Å². The highest BCUT2D eigenvalue weighted by Crippen LogP contribution is 2.20. The fourth-order valence-electron chi connectivity index (χ4n) is 1.74. The second-order valence-corrected chi connectivity index (χ2v) is 4.20. The van der Waals surface area contributed by atoms with Crippen LogP contribution in [-0.2, 0) is 13.1 Å². The van der Waals surface area contributed by atoms with E-state index in [4.69, 9.17) is 11.6 Å². The van der Waals surface area contributed by atoms with Gasteiger partial charge in [-0.15, -0.1) is 0 Å². The van der Waals surface area contributed by atoms with E-state index in [0.29, 0.717) is 17.3 Å². The number of nitrogens with zero attached hydrogens (tertiary/aromatic N) is 1. The Morgan fingerprint density at radius 1 is 1.35 bits per heavy atom. The van der Waals surface area contributed by atoms with Gasteiger partial charge >= 0.3 is 0 Å². The van der Waals surface area contributed by atoms with E-state index in [1.54, 1.807) is 6.07 Å². The van der Waals surface area contributed by atoms with Gasteiger partial charge in [0.2, 0.25) is 0 Å². The highest BCUT2D eigenvalue weighted by Gasteiger charge is 2.04. The first kappa shape index (κ1) is 12.0. The van der Waals surface area contributed by atoms with E-state index in [1.807, 2.05) is 18.3 Å². The van der Waals surface area contributed by atoms with Crippen LogP contribution in [0.25, 0.3) is 0 Å². The van der Waals surface area contributed by atoms with Crippen LogP contribution in [-0.4, -0.2) is 4.57 Å². The Balaban J connectivity index is 2.09. The highest BCUT2D eigenvalue weighted by atomic mass is 35.5. The molecule has 0 aliphatic heterocycles. The topological polar surface area (TPSA) is 17.0 Å². The number of rotatable bonds is 4. The van der Waals surface area contributed by atoms with Crippen molar-refractivity contribution < 1.29 is 4.39 Å². The molecule has 1 heterocycles. The van der Waals surface area contributed by atoms with Crippen molar-refractivity contribution in [2.24, 2.45) is 0 Å². The Kier molecular flexibility index (Phi) is 3.69. The van der Waals surface area contributed by atoms with Crippen molar-refractivity contribution in [2.75, 3.05) is 5.32 Å². The molecule has 4 heteroatoms. The van der Waals surface area contributed by atoms with Gasteiger partial charge in [-0.3, -0.25) is 0 Å². The lowest BCUT2D eigenvalue weighted by Gasteiger charge is -2.10. The molecule has 1 aromatic carbocycles. The summed E-state index contributed by atoms with van der Waals surface area (Å²) in [4.78, 5) is 0. The van der Waals surface area contributed by atoms with Crippen molar-refractivity contribution in [1.29, 1.82) is 0 Å². The summed E-state index contributed by atoms with van der Waals surface area (Å²) in [6, 6.07) is 8.49. The summed E-state index contributed by atoms with van der Waals surface area (Å²) < 4.78 is 15.6. The smallest absolute Gasteiger partial charge is 0.146 e. The molecule has 0 saturated carbocycles. The number of anilines is 1. The van der Waals surface area contributed by atoms with Gasteiger partial charge in [0.1, 0.15) is 5.82 Å². The van der Waals surface area contributed by atoms with Gasteiger partial charge in [-0.2, -0.15) is 0 Å². The molecule has 0 bridgehead atoms. The van der Waals surface area contributed by atoms with Gasteiger partial charge in [-0.1, -0.05) is 11.6 Å². The van der Waals surface area contributed by atoms with Crippen molar-refractivity contribution >= 4 is 17.3 Å². The van der Waals surface area contributed by atoms with Gasteiger partial charge in [0, 0.05) is 23.5 Å². The third-order valence-electron chi connectivity index (χ3n) is 2.65. The van der Waals surface area contributed by atoms with E-state index in [0.717, 1.165) is 12.2 Å². The number of halogens is 2. The Hall–Kier alpha value is -1.48. The third-order valence-corrected chi connectivity index (χ3v) is 2.89. The Morgan fingerprint density at radius 2 is 2.18 bits per heavy atom. The average Bonchev–Trinajstić information content (AvgIpc) is 2.77. The lowest BCUT2D eigenvalue weighted by atomic mass is 10.3. The number of benzene rings is 1. The molecule has 0 aliphatic rings.